The summed E-state index contributed by atoms with van der Waals surface area (Å²) in [7, 11) is 0. The van der Waals surface area contributed by atoms with Gasteiger partial charge in [0.2, 0.25) is 10.6 Å². The maximum absolute atomic E-state index is 4.81. The molecular weight excluding hydrogens is 390 g/mol. The van der Waals surface area contributed by atoms with Crippen LogP contribution < -0.4 is 0 Å². The molecule has 1 heterocycles. The normalized spacial score (nSPS) is 12.2. The number of hydrogen-bond donors (Lipinski definition) is 0. The first-order valence-corrected chi connectivity index (χ1v) is 9.49. The molecule has 0 atom stereocenters. The number of para-hydroxylation sites is 1. The number of hydrogen-bond acceptors (Lipinski definition) is 4. The predicted octanol–water partition coefficient (Wildman–Crippen LogP) is 5.52. The van der Waals surface area contributed by atoms with E-state index in [1.54, 1.807) is 0 Å². The predicted molar refractivity (Wildman–Crippen MR) is 109 cm³/mol. The molecule has 134 valence electrons. The van der Waals surface area contributed by atoms with E-state index in [1.165, 1.54) is 15.9 Å². The second-order valence-corrected chi connectivity index (χ2v) is 7.45. The van der Waals surface area contributed by atoms with Gasteiger partial charge in [0.15, 0.2) is 0 Å². The molecule has 2 aromatic carbocycles. The van der Waals surface area contributed by atoms with Gasteiger partial charge in [0.1, 0.15) is 0 Å². The minimum Gasteiger partial charge on any atom is -0.221 e. The molecular formula is C20H22BrN5. The molecule has 5 nitrogen and oxygen atoms in total. The lowest BCUT2D eigenvalue weighted by Gasteiger charge is -2.16. The van der Waals surface area contributed by atoms with Gasteiger partial charge in [-0.2, -0.15) is 0 Å². The summed E-state index contributed by atoms with van der Waals surface area (Å²) in [6, 6.07) is 16.1. The van der Waals surface area contributed by atoms with Gasteiger partial charge in [-0.1, -0.05) is 76.2 Å². The Morgan fingerprint density at radius 2 is 1.54 bits per heavy atom. The molecule has 3 aromatic rings. The van der Waals surface area contributed by atoms with Crippen LogP contribution in [0.5, 0.6) is 0 Å². The van der Waals surface area contributed by atoms with Gasteiger partial charge < -0.3 is 0 Å². The number of halogens is 1. The van der Waals surface area contributed by atoms with Gasteiger partial charge in [-0.25, -0.2) is 4.99 Å². The Hall–Kier alpha value is -2.34. The van der Waals surface area contributed by atoms with Gasteiger partial charge in [-0.05, 0) is 44.1 Å². The average molecular weight is 412 g/mol. The van der Waals surface area contributed by atoms with E-state index < -0.39 is 0 Å². The van der Waals surface area contributed by atoms with Crippen molar-refractivity contribution in [2.45, 2.75) is 39.5 Å². The average Bonchev–Trinajstić information content (AvgIpc) is 3.12. The third-order valence-corrected chi connectivity index (χ3v) is 4.65. The maximum Gasteiger partial charge on any atom is 0.220 e. The van der Waals surface area contributed by atoms with Crippen molar-refractivity contribution >= 4 is 26.4 Å². The number of tetrazole rings is 1. The number of nitrogens with zero attached hydrogens (tertiary/aromatic N) is 5. The fourth-order valence-corrected chi connectivity index (χ4v) is 3.10. The molecule has 0 spiro atoms. The van der Waals surface area contributed by atoms with Gasteiger partial charge in [-0.15, -0.1) is 15.0 Å². The van der Waals surface area contributed by atoms with E-state index in [0.29, 0.717) is 22.4 Å². The van der Waals surface area contributed by atoms with Crippen LogP contribution in [0.25, 0.3) is 11.4 Å². The van der Waals surface area contributed by atoms with Crippen LogP contribution >= 0.6 is 15.9 Å². The van der Waals surface area contributed by atoms with E-state index >= 15 is 0 Å². The molecule has 0 aliphatic heterocycles. The van der Waals surface area contributed by atoms with Crippen LogP contribution in [0.3, 0.4) is 0 Å². The Morgan fingerprint density at radius 3 is 2.12 bits per heavy atom. The van der Waals surface area contributed by atoms with Crippen LogP contribution in [0.15, 0.2) is 53.5 Å². The summed E-state index contributed by atoms with van der Waals surface area (Å²) in [5, 5.41) is 12.7. The number of rotatable bonds is 4. The first-order chi connectivity index (χ1) is 12.5. The van der Waals surface area contributed by atoms with Crippen molar-refractivity contribution in [1.82, 2.24) is 20.2 Å². The van der Waals surface area contributed by atoms with Gasteiger partial charge in [0.25, 0.3) is 0 Å². The van der Waals surface area contributed by atoms with E-state index in [9.17, 15) is 0 Å². The smallest absolute Gasteiger partial charge is 0.220 e. The summed E-state index contributed by atoms with van der Waals surface area (Å²) >= 11 is 3.52. The molecule has 0 amide bonds. The van der Waals surface area contributed by atoms with E-state index in [-0.39, 0.29) is 0 Å². The molecule has 0 aliphatic rings. The zero-order chi connectivity index (χ0) is 18.7. The van der Waals surface area contributed by atoms with Crippen molar-refractivity contribution in [3.63, 3.8) is 0 Å². The standard InChI is InChI=1S/C20H22BrN5/c1-13(2)16-11-8-12-17(14(3)4)18(16)22-20(21)26-24-19(23-25-26)15-9-6-5-7-10-15/h5-14H,1-4H3. The fraction of sp³-hybridized carbons (Fsp3) is 0.300. The highest BCUT2D eigenvalue weighted by molar-refractivity contribution is 9.18. The summed E-state index contributed by atoms with van der Waals surface area (Å²) in [4.78, 5) is 6.23. The second-order valence-electron chi connectivity index (χ2n) is 6.74. The summed E-state index contributed by atoms with van der Waals surface area (Å²) in [6.07, 6.45) is 0. The molecule has 3 rings (SSSR count). The van der Waals surface area contributed by atoms with Crippen LogP contribution in [0.1, 0.15) is 50.7 Å². The Kier molecular flexibility index (Phi) is 5.61. The quantitative estimate of drug-likeness (QED) is 0.419. The minimum absolute atomic E-state index is 0.372. The van der Waals surface area contributed by atoms with Crippen LogP contribution in [-0.2, 0) is 0 Å². The van der Waals surface area contributed by atoms with Crippen molar-refractivity contribution in [3.05, 3.63) is 59.7 Å². The second kappa shape index (κ2) is 7.91. The molecule has 0 bridgehead atoms. The lowest BCUT2D eigenvalue weighted by Crippen LogP contribution is -2.09. The van der Waals surface area contributed by atoms with Crippen molar-refractivity contribution in [3.8, 4) is 11.4 Å². The van der Waals surface area contributed by atoms with Crippen LogP contribution in [0, 0.1) is 0 Å². The summed E-state index contributed by atoms with van der Waals surface area (Å²) in [5.41, 5.74) is 4.31. The first-order valence-electron chi connectivity index (χ1n) is 8.70. The van der Waals surface area contributed by atoms with Crippen LogP contribution in [0.4, 0.5) is 5.69 Å². The largest absolute Gasteiger partial charge is 0.221 e. The highest BCUT2D eigenvalue weighted by atomic mass is 79.9. The number of benzene rings is 2. The molecule has 6 heteroatoms. The van der Waals surface area contributed by atoms with Crippen molar-refractivity contribution in [1.29, 1.82) is 0 Å². The van der Waals surface area contributed by atoms with Crippen molar-refractivity contribution in [2.75, 3.05) is 0 Å². The highest BCUT2D eigenvalue weighted by Crippen LogP contribution is 2.35. The molecule has 1 aromatic heterocycles. The Bertz CT molecular complexity index is 887. The van der Waals surface area contributed by atoms with Gasteiger partial charge in [0, 0.05) is 5.56 Å². The maximum atomic E-state index is 4.81. The van der Waals surface area contributed by atoms with Crippen LogP contribution in [0.2, 0.25) is 0 Å². The van der Waals surface area contributed by atoms with Gasteiger partial charge in [-0.3, -0.25) is 0 Å². The third-order valence-electron chi connectivity index (χ3n) is 4.16. The van der Waals surface area contributed by atoms with Crippen LogP contribution in [-0.4, -0.2) is 25.0 Å². The topological polar surface area (TPSA) is 56.0 Å². The molecule has 0 N–H and O–H groups in total. The zero-order valence-electron chi connectivity index (χ0n) is 15.4. The number of aliphatic imine (C=N–C) groups is 1. The van der Waals surface area contributed by atoms with E-state index in [0.717, 1.165) is 11.3 Å². The molecule has 0 saturated carbocycles. The Morgan fingerprint density at radius 1 is 0.923 bits per heavy atom. The SMILES string of the molecule is CC(C)c1cccc(C(C)C)c1N=C(Br)n1nnc(-c2ccccc2)n1. The lowest BCUT2D eigenvalue weighted by molar-refractivity contribution is 0.771. The van der Waals surface area contributed by atoms with Crippen molar-refractivity contribution < 1.29 is 0 Å². The van der Waals surface area contributed by atoms with Gasteiger partial charge >= 0.3 is 0 Å². The highest BCUT2D eigenvalue weighted by Gasteiger charge is 2.15. The van der Waals surface area contributed by atoms with E-state index in [2.05, 4.69) is 77.2 Å². The zero-order valence-corrected chi connectivity index (χ0v) is 17.0. The summed E-state index contributed by atoms with van der Waals surface area (Å²) < 4.78 is 0.516. The monoisotopic (exact) mass is 411 g/mol. The molecule has 26 heavy (non-hydrogen) atoms. The minimum atomic E-state index is 0.372. The molecule has 0 radical (unpaired) electrons. The van der Waals surface area contributed by atoms with Crippen molar-refractivity contribution in [2.24, 2.45) is 4.99 Å². The Labute approximate surface area is 162 Å². The molecule has 0 unspecified atom stereocenters. The van der Waals surface area contributed by atoms with E-state index in [1.807, 2.05) is 30.3 Å². The molecule has 0 aliphatic carbocycles. The summed E-state index contributed by atoms with van der Waals surface area (Å²) in [6.45, 7) is 8.70. The number of aromatic nitrogens is 4. The van der Waals surface area contributed by atoms with Gasteiger partial charge in [0.05, 0.1) is 5.69 Å². The van der Waals surface area contributed by atoms with E-state index in [4.69, 9.17) is 4.99 Å². The molecule has 0 saturated heterocycles. The fourth-order valence-electron chi connectivity index (χ4n) is 2.77. The third kappa shape index (κ3) is 3.90. The Balaban J connectivity index is 2.02. The first kappa shape index (κ1) is 18.5. The summed E-state index contributed by atoms with van der Waals surface area (Å²) in [5.74, 6) is 1.31. The lowest BCUT2D eigenvalue weighted by atomic mass is 9.93. The molecule has 0 fully saturated rings.